The predicted octanol–water partition coefficient (Wildman–Crippen LogP) is 4.27. The maximum absolute atomic E-state index is 6.18. The van der Waals surface area contributed by atoms with E-state index in [4.69, 9.17) is 4.74 Å². The summed E-state index contributed by atoms with van der Waals surface area (Å²) in [6.07, 6.45) is 5.39. The highest BCUT2D eigenvalue weighted by Crippen LogP contribution is 2.33. The third kappa shape index (κ3) is 3.72. The lowest BCUT2D eigenvalue weighted by Gasteiger charge is -2.19. The highest BCUT2D eigenvalue weighted by molar-refractivity contribution is 9.10. The third-order valence-corrected chi connectivity index (χ3v) is 3.96. The van der Waals surface area contributed by atoms with Crippen LogP contribution >= 0.6 is 15.9 Å². The van der Waals surface area contributed by atoms with Crippen LogP contribution in [0, 0.1) is 0 Å². The summed E-state index contributed by atoms with van der Waals surface area (Å²) in [6, 6.07) is 6.76. The molecule has 2 nitrogen and oxygen atoms in total. The molecular weight excluding hydrogens is 290 g/mol. The summed E-state index contributed by atoms with van der Waals surface area (Å²) in [4.78, 5) is 0. The van der Waals surface area contributed by atoms with Crippen LogP contribution in [0.3, 0.4) is 0 Å². The van der Waals surface area contributed by atoms with Gasteiger partial charge in [-0.3, -0.25) is 0 Å². The van der Waals surface area contributed by atoms with Crippen LogP contribution in [-0.2, 0) is 6.54 Å². The fraction of sp³-hybridized carbons (Fsp3) is 0.600. The van der Waals surface area contributed by atoms with Crippen molar-refractivity contribution in [3.63, 3.8) is 0 Å². The third-order valence-electron chi connectivity index (χ3n) is 3.34. The second kappa shape index (κ2) is 6.58. The fourth-order valence-electron chi connectivity index (χ4n) is 2.31. The molecule has 1 fully saturated rings. The summed E-state index contributed by atoms with van der Waals surface area (Å²) in [5.41, 5.74) is 1.24. The van der Waals surface area contributed by atoms with Crippen LogP contribution in [0.1, 0.15) is 45.1 Å². The lowest BCUT2D eigenvalue weighted by Crippen LogP contribution is -2.23. The lowest BCUT2D eigenvalue weighted by atomic mass is 10.2. The Morgan fingerprint density at radius 2 is 2.06 bits per heavy atom. The van der Waals surface area contributed by atoms with Gasteiger partial charge in [0.2, 0.25) is 0 Å². The minimum atomic E-state index is 0.404. The van der Waals surface area contributed by atoms with Crippen molar-refractivity contribution in [1.82, 2.24) is 5.32 Å². The summed E-state index contributed by atoms with van der Waals surface area (Å²) in [5.74, 6) is 1.03. The quantitative estimate of drug-likeness (QED) is 0.877. The number of hydrogen-bond acceptors (Lipinski definition) is 2. The molecule has 0 bridgehead atoms. The number of rotatable bonds is 5. The molecule has 0 aromatic heterocycles. The molecule has 1 saturated carbocycles. The monoisotopic (exact) mass is 311 g/mol. The molecule has 3 heteroatoms. The zero-order valence-electron chi connectivity index (χ0n) is 11.2. The molecule has 0 unspecified atom stereocenters. The van der Waals surface area contributed by atoms with Crippen LogP contribution in [0.4, 0.5) is 0 Å². The smallest absolute Gasteiger partial charge is 0.138 e. The maximum Gasteiger partial charge on any atom is 0.138 e. The Kier molecular flexibility index (Phi) is 5.07. The van der Waals surface area contributed by atoms with Gasteiger partial charge in [0.05, 0.1) is 10.6 Å². The van der Waals surface area contributed by atoms with E-state index in [1.807, 2.05) is 0 Å². The molecule has 0 heterocycles. The molecule has 0 saturated heterocycles. The number of hydrogen-bond donors (Lipinski definition) is 1. The van der Waals surface area contributed by atoms with Crippen molar-refractivity contribution in [2.75, 3.05) is 0 Å². The van der Waals surface area contributed by atoms with E-state index in [0.717, 1.165) is 16.8 Å². The molecule has 1 aromatic carbocycles. The molecule has 0 radical (unpaired) electrons. The average Bonchev–Trinajstić information content (AvgIpc) is 2.82. The first kappa shape index (κ1) is 13.9. The summed E-state index contributed by atoms with van der Waals surface area (Å²) >= 11 is 3.61. The van der Waals surface area contributed by atoms with Gasteiger partial charge in [-0.15, -0.1) is 0 Å². The van der Waals surface area contributed by atoms with Crippen molar-refractivity contribution < 1.29 is 4.74 Å². The van der Waals surface area contributed by atoms with Gasteiger partial charge in [-0.05, 0) is 47.7 Å². The molecule has 2 rings (SSSR count). The van der Waals surface area contributed by atoms with Gasteiger partial charge in [-0.2, -0.15) is 0 Å². The van der Waals surface area contributed by atoms with E-state index in [1.165, 1.54) is 31.2 Å². The molecule has 1 N–H and O–H groups in total. The van der Waals surface area contributed by atoms with Gasteiger partial charge < -0.3 is 10.1 Å². The maximum atomic E-state index is 6.18. The molecule has 0 aliphatic heterocycles. The number of nitrogens with one attached hydrogen (secondary N) is 1. The van der Waals surface area contributed by atoms with Crippen molar-refractivity contribution in [1.29, 1.82) is 0 Å². The molecule has 18 heavy (non-hydrogen) atoms. The molecule has 0 spiro atoms. The van der Waals surface area contributed by atoms with Crippen molar-refractivity contribution >= 4 is 15.9 Å². The standard InChI is InChI=1S/C15H22BrNO/c1-11(2)17-10-12-6-5-9-14(16)15(12)18-13-7-3-4-8-13/h5-6,9,11,13,17H,3-4,7-8,10H2,1-2H3. The van der Waals surface area contributed by atoms with Gasteiger partial charge in [0, 0.05) is 18.2 Å². The molecule has 1 aliphatic rings. The van der Waals surface area contributed by atoms with Gasteiger partial charge >= 0.3 is 0 Å². The van der Waals surface area contributed by atoms with Crippen molar-refractivity contribution in [3.05, 3.63) is 28.2 Å². The lowest BCUT2D eigenvalue weighted by molar-refractivity contribution is 0.206. The zero-order chi connectivity index (χ0) is 13.0. The largest absolute Gasteiger partial charge is 0.489 e. The Morgan fingerprint density at radius 3 is 2.72 bits per heavy atom. The van der Waals surface area contributed by atoms with Crippen molar-refractivity contribution in [3.8, 4) is 5.75 Å². The molecular formula is C15H22BrNO. The van der Waals surface area contributed by atoms with Crippen LogP contribution in [0.25, 0.3) is 0 Å². The number of benzene rings is 1. The van der Waals surface area contributed by atoms with Gasteiger partial charge in [0.1, 0.15) is 5.75 Å². The Labute approximate surface area is 118 Å². The molecule has 0 atom stereocenters. The van der Waals surface area contributed by atoms with Crippen LogP contribution < -0.4 is 10.1 Å². The second-order valence-electron chi connectivity index (χ2n) is 5.29. The van der Waals surface area contributed by atoms with Gasteiger partial charge in [-0.25, -0.2) is 0 Å². The first-order chi connectivity index (χ1) is 8.66. The van der Waals surface area contributed by atoms with Crippen LogP contribution in [0.15, 0.2) is 22.7 Å². The topological polar surface area (TPSA) is 21.3 Å². The van der Waals surface area contributed by atoms with Crippen molar-refractivity contribution in [2.24, 2.45) is 0 Å². The first-order valence-electron chi connectivity index (χ1n) is 6.84. The molecule has 1 aromatic rings. The SMILES string of the molecule is CC(C)NCc1cccc(Br)c1OC1CCCC1. The number of ether oxygens (including phenoxy) is 1. The minimum Gasteiger partial charge on any atom is -0.489 e. The highest BCUT2D eigenvalue weighted by atomic mass is 79.9. The van der Waals surface area contributed by atoms with E-state index in [9.17, 15) is 0 Å². The van der Waals surface area contributed by atoms with Crippen molar-refractivity contribution in [2.45, 2.75) is 58.2 Å². The molecule has 1 aliphatic carbocycles. The van der Waals surface area contributed by atoms with E-state index < -0.39 is 0 Å². The van der Waals surface area contributed by atoms with E-state index in [2.05, 4.69) is 53.3 Å². The van der Waals surface area contributed by atoms with Crippen LogP contribution in [0.2, 0.25) is 0 Å². The molecule has 0 amide bonds. The normalized spacial score (nSPS) is 16.4. The Bertz CT molecular complexity index is 386. The second-order valence-corrected chi connectivity index (χ2v) is 6.14. The predicted molar refractivity (Wildman–Crippen MR) is 79.0 cm³/mol. The number of halogens is 1. The minimum absolute atomic E-state index is 0.404. The summed E-state index contributed by atoms with van der Waals surface area (Å²) in [5, 5.41) is 3.45. The summed E-state index contributed by atoms with van der Waals surface area (Å²) < 4.78 is 7.25. The van der Waals surface area contributed by atoms with E-state index in [-0.39, 0.29) is 0 Å². The van der Waals surface area contributed by atoms with Gasteiger partial charge in [0.25, 0.3) is 0 Å². The Balaban J connectivity index is 2.09. The Morgan fingerprint density at radius 1 is 1.33 bits per heavy atom. The van der Waals surface area contributed by atoms with E-state index >= 15 is 0 Å². The van der Waals surface area contributed by atoms with Crippen LogP contribution in [0.5, 0.6) is 5.75 Å². The summed E-state index contributed by atoms with van der Waals surface area (Å²) in [6.45, 7) is 5.18. The van der Waals surface area contributed by atoms with E-state index in [1.54, 1.807) is 0 Å². The van der Waals surface area contributed by atoms with Gasteiger partial charge in [-0.1, -0.05) is 26.0 Å². The van der Waals surface area contributed by atoms with Crippen LogP contribution in [-0.4, -0.2) is 12.1 Å². The fourth-order valence-corrected chi connectivity index (χ4v) is 2.81. The first-order valence-corrected chi connectivity index (χ1v) is 7.63. The average molecular weight is 312 g/mol. The highest BCUT2D eigenvalue weighted by Gasteiger charge is 2.19. The zero-order valence-corrected chi connectivity index (χ0v) is 12.8. The van der Waals surface area contributed by atoms with E-state index in [0.29, 0.717) is 12.1 Å². The number of para-hydroxylation sites is 1. The molecule has 100 valence electrons. The van der Waals surface area contributed by atoms with Gasteiger partial charge in [0.15, 0.2) is 0 Å². The Hall–Kier alpha value is -0.540. The summed E-state index contributed by atoms with van der Waals surface area (Å²) in [7, 11) is 0.